The second kappa shape index (κ2) is 5.29. The number of rotatable bonds is 3. The number of benzene rings is 1. The van der Waals surface area contributed by atoms with Crippen molar-refractivity contribution in [3.8, 4) is 0 Å². The summed E-state index contributed by atoms with van der Waals surface area (Å²) in [5.41, 5.74) is 1.17. The molecular weight excluding hydrogens is 303 g/mol. The van der Waals surface area contributed by atoms with Gasteiger partial charge in [0.1, 0.15) is 11.5 Å². The monoisotopic (exact) mass is 311 g/mol. The molecular formula is C14H9ClF3N3. The number of nitrogens with one attached hydrogen (secondary N) is 1. The van der Waals surface area contributed by atoms with Gasteiger partial charge < -0.3 is 9.72 Å². The van der Waals surface area contributed by atoms with Crippen LogP contribution in [0.1, 0.15) is 5.69 Å². The molecule has 3 aromatic rings. The molecule has 0 bridgehead atoms. The van der Waals surface area contributed by atoms with Crippen LogP contribution in [0.3, 0.4) is 0 Å². The summed E-state index contributed by atoms with van der Waals surface area (Å²) in [4.78, 5) is 4.29. The van der Waals surface area contributed by atoms with Crippen molar-refractivity contribution < 1.29 is 13.2 Å². The van der Waals surface area contributed by atoms with E-state index in [0.717, 1.165) is 6.07 Å². The highest BCUT2D eigenvalue weighted by Crippen LogP contribution is 2.19. The molecule has 0 saturated heterocycles. The lowest BCUT2D eigenvalue weighted by molar-refractivity contribution is 0.496. The van der Waals surface area contributed by atoms with Gasteiger partial charge in [0.25, 0.3) is 0 Å². The summed E-state index contributed by atoms with van der Waals surface area (Å²) < 4.78 is 41.1. The number of anilines is 1. The van der Waals surface area contributed by atoms with Crippen molar-refractivity contribution in [3.05, 3.63) is 64.8 Å². The molecule has 0 saturated carbocycles. The normalized spacial score (nSPS) is 11.0. The van der Waals surface area contributed by atoms with Crippen LogP contribution in [0, 0.1) is 17.5 Å². The minimum absolute atomic E-state index is 0.121. The summed E-state index contributed by atoms with van der Waals surface area (Å²) in [6.45, 7) is 0.168. The lowest BCUT2D eigenvalue weighted by Crippen LogP contribution is -2.03. The van der Waals surface area contributed by atoms with Crippen molar-refractivity contribution in [2.24, 2.45) is 0 Å². The lowest BCUT2D eigenvalue weighted by Gasteiger charge is -2.06. The van der Waals surface area contributed by atoms with E-state index in [0.29, 0.717) is 22.4 Å². The largest absolute Gasteiger partial charge is 0.377 e. The topological polar surface area (TPSA) is 29.3 Å². The Morgan fingerprint density at radius 1 is 1.05 bits per heavy atom. The van der Waals surface area contributed by atoms with Gasteiger partial charge in [-0.25, -0.2) is 18.2 Å². The number of pyridine rings is 1. The quantitative estimate of drug-likeness (QED) is 0.740. The number of fused-ring (bicyclic) bond motifs is 1. The van der Waals surface area contributed by atoms with Crippen LogP contribution >= 0.6 is 11.6 Å². The summed E-state index contributed by atoms with van der Waals surface area (Å²) in [6, 6.07) is 4.72. The summed E-state index contributed by atoms with van der Waals surface area (Å²) in [5.74, 6) is -3.19. The summed E-state index contributed by atoms with van der Waals surface area (Å²) >= 11 is 5.86. The van der Waals surface area contributed by atoms with Crippen LogP contribution in [-0.2, 0) is 6.54 Å². The standard InChI is InChI=1S/C14H9ClF3N3/c15-8-1-2-14-20-9(7-21(14)6-8)5-19-13-4-11(17)10(16)3-12(13)18/h1-4,6-7,19H,5H2. The van der Waals surface area contributed by atoms with Gasteiger partial charge in [-0.15, -0.1) is 0 Å². The lowest BCUT2D eigenvalue weighted by atomic mass is 10.2. The van der Waals surface area contributed by atoms with Crippen LogP contribution < -0.4 is 5.32 Å². The van der Waals surface area contributed by atoms with Crippen LogP contribution in [0.25, 0.3) is 5.65 Å². The van der Waals surface area contributed by atoms with E-state index in [1.807, 2.05) is 0 Å². The van der Waals surface area contributed by atoms with Crippen LogP contribution in [0.5, 0.6) is 0 Å². The van der Waals surface area contributed by atoms with Gasteiger partial charge in [0, 0.05) is 24.5 Å². The average molecular weight is 312 g/mol. The minimum Gasteiger partial charge on any atom is -0.377 e. The Kier molecular flexibility index (Phi) is 3.47. The third-order valence-corrected chi connectivity index (χ3v) is 3.16. The molecule has 3 nitrogen and oxygen atoms in total. The van der Waals surface area contributed by atoms with Crippen molar-refractivity contribution in [2.45, 2.75) is 6.54 Å². The van der Waals surface area contributed by atoms with Crippen LogP contribution in [-0.4, -0.2) is 9.38 Å². The minimum atomic E-state index is -1.22. The first-order valence-electron chi connectivity index (χ1n) is 6.04. The molecule has 0 aliphatic carbocycles. The number of imidazole rings is 1. The smallest absolute Gasteiger partial charge is 0.161 e. The van der Waals surface area contributed by atoms with Crippen LogP contribution in [0.15, 0.2) is 36.7 Å². The van der Waals surface area contributed by atoms with Gasteiger partial charge in [0.2, 0.25) is 0 Å². The molecule has 0 fully saturated rings. The molecule has 108 valence electrons. The summed E-state index contributed by atoms with van der Waals surface area (Å²) in [5, 5.41) is 3.24. The number of halogens is 4. The van der Waals surface area contributed by atoms with E-state index in [9.17, 15) is 13.2 Å². The van der Waals surface area contributed by atoms with E-state index in [-0.39, 0.29) is 12.2 Å². The van der Waals surface area contributed by atoms with Gasteiger partial charge in [-0.1, -0.05) is 11.6 Å². The average Bonchev–Trinajstić information content (AvgIpc) is 2.83. The Labute approximate surface area is 123 Å². The Balaban J connectivity index is 1.81. The third kappa shape index (κ3) is 2.80. The van der Waals surface area contributed by atoms with Gasteiger partial charge in [-0.2, -0.15) is 0 Å². The molecule has 21 heavy (non-hydrogen) atoms. The van der Waals surface area contributed by atoms with Crippen molar-refractivity contribution in [3.63, 3.8) is 0 Å². The Hall–Kier alpha value is -2.21. The Bertz CT molecular complexity index is 817. The fourth-order valence-corrected chi connectivity index (χ4v) is 2.11. The van der Waals surface area contributed by atoms with E-state index in [2.05, 4.69) is 10.3 Å². The maximum Gasteiger partial charge on any atom is 0.161 e. The molecule has 1 aromatic carbocycles. The molecule has 2 aromatic heterocycles. The summed E-state index contributed by atoms with van der Waals surface area (Å²) in [7, 11) is 0. The maximum atomic E-state index is 13.5. The van der Waals surface area contributed by atoms with E-state index < -0.39 is 17.5 Å². The van der Waals surface area contributed by atoms with Crippen molar-refractivity contribution in [2.75, 3.05) is 5.32 Å². The zero-order chi connectivity index (χ0) is 15.0. The Morgan fingerprint density at radius 2 is 1.81 bits per heavy atom. The second-order valence-corrected chi connectivity index (χ2v) is 4.88. The maximum absolute atomic E-state index is 13.5. The molecule has 0 aliphatic rings. The first kappa shape index (κ1) is 13.8. The van der Waals surface area contributed by atoms with Crippen molar-refractivity contribution in [1.29, 1.82) is 0 Å². The Morgan fingerprint density at radius 3 is 2.62 bits per heavy atom. The van der Waals surface area contributed by atoms with E-state index in [1.54, 1.807) is 28.9 Å². The molecule has 0 spiro atoms. The van der Waals surface area contributed by atoms with E-state index in [1.165, 1.54) is 0 Å². The second-order valence-electron chi connectivity index (χ2n) is 4.44. The van der Waals surface area contributed by atoms with Gasteiger partial charge in [0.15, 0.2) is 11.6 Å². The first-order chi connectivity index (χ1) is 10.0. The molecule has 2 heterocycles. The number of hydrogen-bond donors (Lipinski definition) is 1. The van der Waals surface area contributed by atoms with Gasteiger partial charge in [-0.3, -0.25) is 0 Å². The van der Waals surface area contributed by atoms with Crippen molar-refractivity contribution >= 4 is 22.9 Å². The SMILES string of the molecule is Fc1cc(F)c(NCc2cn3cc(Cl)ccc3n2)cc1F. The third-order valence-electron chi connectivity index (χ3n) is 2.93. The fraction of sp³-hybridized carbons (Fsp3) is 0.0714. The number of hydrogen-bond acceptors (Lipinski definition) is 2. The van der Waals surface area contributed by atoms with Gasteiger partial charge in [-0.05, 0) is 12.1 Å². The highest BCUT2D eigenvalue weighted by Gasteiger charge is 2.10. The molecule has 0 atom stereocenters. The zero-order valence-electron chi connectivity index (χ0n) is 10.6. The zero-order valence-corrected chi connectivity index (χ0v) is 11.3. The van der Waals surface area contributed by atoms with E-state index in [4.69, 9.17) is 11.6 Å². The highest BCUT2D eigenvalue weighted by molar-refractivity contribution is 6.30. The first-order valence-corrected chi connectivity index (χ1v) is 6.42. The van der Waals surface area contributed by atoms with Crippen molar-refractivity contribution in [1.82, 2.24) is 9.38 Å². The molecule has 0 unspecified atom stereocenters. The fourth-order valence-electron chi connectivity index (χ4n) is 1.95. The summed E-state index contributed by atoms with van der Waals surface area (Å²) in [6.07, 6.45) is 3.40. The van der Waals surface area contributed by atoms with Crippen LogP contribution in [0.2, 0.25) is 5.02 Å². The molecule has 3 rings (SSSR count). The predicted molar refractivity (Wildman–Crippen MR) is 73.8 cm³/mol. The number of nitrogens with zero attached hydrogens (tertiary/aromatic N) is 2. The highest BCUT2D eigenvalue weighted by atomic mass is 35.5. The molecule has 1 N–H and O–H groups in total. The molecule has 7 heteroatoms. The van der Waals surface area contributed by atoms with Gasteiger partial charge in [0.05, 0.1) is 22.9 Å². The van der Waals surface area contributed by atoms with E-state index >= 15 is 0 Å². The number of aromatic nitrogens is 2. The van der Waals surface area contributed by atoms with Crippen LogP contribution in [0.4, 0.5) is 18.9 Å². The molecule has 0 aliphatic heterocycles. The van der Waals surface area contributed by atoms with Gasteiger partial charge >= 0.3 is 0 Å². The molecule has 0 radical (unpaired) electrons. The predicted octanol–water partition coefficient (Wildman–Crippen LogP) is 4.02. The molecule has 0 amide bonds.